The fourth-order valence-electron chi connectivity index (χ4n) is 1.18. The summed E-state index contributed by atoms with van der Waals surface area (Å²) in [7, 11) is 0. The van der Waals surface area contributed by atoms with E-state index in [1.54, 1.807) is 0 Å². The average Bonchev–Trinajstić information content (AvgIpc) is 1.86. The van der Waals surface area contributed by atoms with Crippen LogP contribution in [0, 0.1) is 0 Å². The van der Waals surface area contributed by atoms with Gasteiger partial charge in [-0.05, 0) is 20.8 Å². The van der Waals surface area contributed by atoms with Crippen LogP contribution in [0.25, 0.3) is 0 Å². The lowest BCUT2D eigenvalue weighted by atomic mass is 10.1. The fraction of sp³-hybridized carbons (Fsp3) is 1.00. The Hall–Kier alpha value is -0.0800. The molecule has 0 radical (unpaired) electrons. The van der Waals surface area contributed by atoms with Crippen molar-refractivity contribution < 1.29 is 1.37 Å². The van der Waals surface area contributed by atoms with Crippen LogP contribution in [0.2, 0.25) is 0 Å². The molecule has 0 aromatic carbocycles. The van der Waals surface area contributed by atoms with Crippen LogP contribution in [0.15, 0.2) is 0 Å². The van der Waals surface area contributed by atoms with Crippen LogP contribution < -0.4 is 5.32 Å². The monoisotopic (exact) mass is 143 g/mol. The van der Waals surface area contributed by atoms with Gasteiger partial charge < -0.3 is 5.32 Å². The maximum absolute atomic E-state index is 7.53. The van der Waals surface area contributed by atoms with E-state index in [1.165, 1.54) is 0 Å². The summed E-state index contributed by atoms with van der Waals surface area (Å²) in [5.74, 6) is 0. The predicted octanol–water partition coefficient (Wildman–Crippen LogP) is 0.690. The van der Waals surface area contributed by atoms with Crippen molar-refractivity contribution in [2.24, 2.45) is 0 Å². The molecular formula is C8H18N2. The van der Waals surface area contributed by atoms with E-state index in [4.69, 9.17) is 1.37 Å². The molecule has 0 saturated carbocycles. The molecule has 60 valence electrons. The summed E-state index contributed by atoms with van der Waals surface area (Å²) in [5, 5.41) is 3.11. The summed E-state index contributed by atoms with van der Waals surface area (Å²) in [4.78, 5) is 2.35. The zero-order valence-corrected chi connectivity index (χ0v) is 7.15. The third-order valence-corrected chi connectivity index (χ3v) is 1.93. The average molecular weight is 143 g/mol. The molecule has 1 N–H and O–H groups in total. The van der Waals surface area contributed by atoms with Gasteiger partial charge in [-0.2, -0.15) is 0 Å². The summed E-state index contributed by atoms with van der Waals surface area (Å²) in [6.07, 6.45) is 0. The van der Waals surface area contributed by atoms with Gasteiger partial charge >= 0.3 is 0 Å². The zero-order valence-electron chi connectivity index (χ0n) is 8.15. The number of piperazine rings is 1. The van der Waals surface area contributed by atoms with Crippen molar-refractivity contribution >= 4 is 0 Å². The van der Waals surface area contributed by atoms with Crippen LogP contribution >= 0.6 is 0 Å². The van der Waals surface area contributed by atoms with Crippen molar-refractivity contribution in [3.8, 4) is 0 Å². The molecule has 0 aromatic rings. The predicted molar refractivity (Wildman–Crippen MR) is 44.2 cm³/mol. The van der Waals surface area contributed by atoms with Crippen LogP contribution in [-0.2, 0) is 0 Å². The molecule has 0 aromatic heterocycles. The molecule has 1 heterocycles. The Morgan fingerprint density at radius 2 is 2.10 bits per heavy atom. The van der Waals surface area contributed by atoms with E-state index in [2.05, 4.69) is 31.0 Å². The fourth-order valence-corrected chi connectivity index (χ4v) is 1.18. The molecule has 1 aliphatic heterocycles. The first kappa shape index (κ1) is 6.62. The van der Waals surface area contributed by atoms with E-state index >= 15 is 0 Å². The Morgan fingerprint density at radius 1 is 1.40 bits per heavy atom. The van der Waals surface area contributed by atoms with Gasteiger partial charge in [0, 0.05) is 33.1 Å². The quantitative estimate of drug-likeness (QED) is 0.537. The van der Waals surface area contributed by atoms with Crippen molar-refractivity contribution in [2.75, 3.05) is 26.2 Å². The van der Waals surface area contributed by atoms with E-state index in [-0.39, 0.29) is 12.1 Å². The van der Waals surface area contributed by atoms with Crippen molar-refractivity contribution in [1.82, 2.24) is 10.2 Å². The van der Waals surface area contributed by atoms with Crippen LogP contribution in [0.4, 0.5) is 0 Å². The largest absolute Gasteiger partial charge is 0.314 e. The van der Waals surface area contributed by atoms with Gasteiger partial charge in [0.25, 0.3) is 0 Å². The first-order valence-corrected chi connectivity index (χ1v) is 3.91. The zero-order chi connectivity index (χ0) is 8.48. The van der Waals surface area contributed by atoms with Crippen LogP contribution in [0.1, 0.15) is 22.1 Å². The molecule has 1 unspecified atom stereocenters. The molecule has 1 aliphatic rings. The SMILES string of the molecule is [2H]C1CN(C(C)(C)C)CCN1. The lowest BCUT2D eigenvalue weighted by Gasteiger charge is -2.38. The molecule has 10 heavy (non-hydrogen) atoms. The minimum atomic E-state index is -0.0945. The third kappa shape index (κ3) is 1.96. The lowest BCUT2D eigenvalue weighted by Crippen LogP contribution is -2.51. The molecule has 1 saturated heterocycles. The van der Waals surface area contributed by atoms with E-state index in [0.29, 0.717) is 0 Å². The molecule has 0 aliphatic carbocycles. The number of nitrogens with one attached hydrogen (secondary N) is 1. The van der Waals surface area contributed by atoms with E-state index in [0.717, 1.165) is 19.6 Å². The maximum Gasteiger partial charge on any atom is 0.0441 e. The van der Waals surface area contributed by atoms with Gasteiger partial charge in [0.2, 0.25) is 0 Å². The van der Waals surface area contributed by atoms with Gasteiger partial charge in [0.15, 0.2) is 0 Å². The summed E-state index contributed by atoms with van der Waals surface area (Å²) in [5.41, 5.74) is 0.224. The normalized spacial score (nSPS) is 31.9. The number of rotatable bonds is 0. The number of nitrogens with zero attached hydrogens (tertiary/aromatic N) is 1. The highest BCUT2D eigenvalue weighted by Crippen LogP contribution is 2.12. The first-order chi connectivity index (χ1) is 5.00. The summed E-state index contributed by atoms with van der Waals surface area (Å²) < 4.78 is 7.53. The van der Waals surface area contributed by atoms with E-state index in [9.17, 15) is 0 Å². The first-order valence-electron chi connectivity index (χ1n) is 4.48. The van der Waals surface area contributed by atoms with Gasteiger partial charge in [-0.25, -0.2) is 0 Å². The Kier molecular flexibility index (Phi) is 1.91. The molecule has 1 fully saturated rings. The van der Waals surface area contributed by atoms with Crippen molar-refractivity contribution in [3.63, 3.8) is 0 Å². The van der Waals surface area contributed by atoms with Crippen molar-refractivity contribution in [3.05, 3.63) is 0 Å². The second kappa shape index (κ2) is 2.89. The molecule has 0 amide bonds. The molecule has 2 heteroatoms. The minimum absolute atomic E-state index is 0.0945. The van der Waals surface area contributed by atoms with Gasteiger partial charge in [-0.1, -0.05) is 0 Å². The van der Waals surface area contributed by atoms with Gasteiger partial charge in [0.05, 0.1) is 0 Å². The van der Waals surface area contributed by atoms with E-state index in [1.807, 2.05) is 0 Å². The summed E-state index contributed by atoms with van der Waals surface area (Å²) in [6, 6.07) is 0. The number of hydrogen-bond donors (Lipinski definition) is 1. The molecule has 0 spiro atoms. The van der Waals surface area contributed by atoms with Gasteiger partial charge in [-0.15, -0.1) is 0 Å². The highest BCUT2D eigenvalue weighted by atomic mass is 15.2. The van der Waals surface area contributed by atoms with Crippen LogP contribution in [-0.4, -0.2) is 36.6 Å². The topological polar surface area (TPSA) is 15.3 Å². The Bertz CT molecular complexity index is 131. The molecular weight excluding hydrogens is 124 g/mol. The maximum atomic E-state index is 7.53. The number of hydrogen-bond acceptors (Lipinski definition) is 2. The Balaban J connectivity index is 2.46. The smallest absolute Gasteiger partial charge is 0.0441 e. The third-order valence-electron chi connectivity index (χ3n) is 1.93. The minimum Gasteiger partial charge on any atom is -0.314 e. The second-order valence-corrected chi connectivity index (χ2v) is 3.78. The molecule has 1 rings (SSSR count). The second-order valence-electron chi connectivity index (χ2n) is 3.78. The van der Waals surface area contributed by atoms with E-state index < -0.39 is 0 Å². The van der Waals surface area contributed by atoms with Crippen molar-refractivity contribution in [1.29, 1.82) is 0 Å². The highest BCUT2D eigenvalue weighted by Gasteiger charge is 2.21. The summed E-state index contributed by atoms with van der Waals surface area (Å²) >= 11 is 0. The van der Waals surface area contributed by atoms with Gasteiger partial charge in [0.1, 0.15) is 0 Å². The molecule has 0 bridgehead atoms. The molecule has 1 atom stereocenters. The van der Waals surface area contributed by atoms with Crippen molar-refractivity contribution in [2.45, 2.75) is 26.3 Å². The Labute approximate surface area is 65.0 Å². The molecule has 2 nitrogen and oxygen atoms in total. The van der Waals surface area contributed by atoms with Crippen LogP contribution in [0.5, 0.6) is 0 Å². The highest BCUT2D eigenvalue weighted by molar-refractivity contribution is 4.79. The summed E-state index contributed by atoms with van der Waals surface area (Å²) in [6.45, 7) is 9.37. The van der Waals surface area contributed by atoms with Crippen LogP contribution in [0.3, 0.4) is 0 Å². The Morgan fingerprint density at radius 3 is 2.50 bits per heavy atom. The standard InChI is InChI=1S/C8H18N2/c1-8(2,3)10-6-4-9-5-7-10/h9H,4-7H2,1-3H3/i4D. The lowest BCUT2D eigenvalue weighted by molar-refractivity contribution is 0.119. The van der Waals surface area contributed by atoms with Gasteiger partial charge in [-0.3, -0.25) is 4.90 Å².